The summed E-state index contributed by atoms with van der Waals surface area (Å²) in [5.74, 6) is 2.55. The van der Waals surface area contributed by atoms with E-state index in [9.17, 15) is 0 Å². The van der Waals surface area contributed by atoms with E-state index in [1.807, 2.05) is 0 Å². The molecule has 24 heavy (non-hydrogen) atoms. The quantitative estimate of drug-likeness (QED) is 0.727. The van der Waals surface area contributed by atoms with Crippen molar-refractivity contribution in [2.24, 2.45) is 5.92 Å². The van der Waals surface area contributed by atoms with Gasteiger partial charge in [-0.3, -0.25) is 4.90 Å². The van der Waals surface area contributed by atoms with Crippen molar-refractivity contribution in [3.05, 3.63) is 47.7 Å². The molecule has 0 bridgehead atoms. The highest BCUT2D eigenvalue weighted by Gasteiger charge is 2.28. The molecular formula is C21H30N2O. The van der Waals surface area contributed by atoms with Crippen LogP contribution in [0.3, 0.4) is 0 Å². The van der Waals surface area contributed by atoms with Gasteiger partial charge in [0.1, 0.15) is 11.5 Å². The molecule has 1 heterocycles. The van der Waals surface area contributed by atoms with Crippen molar-refractivity contribution < 1.29 is 4.74 Å². The highest BCUT2D eigenvalue weighted by atomic mass is 16.5. The van der Waals surface area contributed by atoms with Crippen LogP contribution in [0.2, 0.25) is 0 Å². The minimum absolute atomic E-state index is 0.360. The van der Waals surface area contributed by atoms with Crippen molar-refractivity contribution >= 4 is 5.69 Å². The Morgan fingerprint density at radius 3 is 2.42 bits per heavy atom. The Labute approximate surface area is 146 Å². The van der Waals surface area contributed by atoms with Crippen LogP contribution >= 0.6 is 0 Å². The highest BCUT2D eigenvalue weighted by Crippen LogP contribution is 2.38. The third-order valence-electron chi connectivity index (χ3n) is 5.32. The number of ether oxygens (including phenoxy) is 1. The molecule has 1 aliphatic heterocycles. The van der Waals surface area contributed by atoms with Crippen molar-refractivity contribution in [2.75, 3.05) is 31.1 Å². The molecule has 0 aromatic heterocycles. The maximum Gasteiger partial charge on any atom is 0.132 e. The molecule has 0 N–H and O–H groups in total. The second kappa shape index (κ2) is 7.43. The fraction of sp³-hybridized carbons (Fsp3) is 0.524. The molecule has 0 amide bonds. The fourth-order valence-corrected chi connectivity index (χ4v) is 3.80. The lowest BCUT2D eigenvalue weighted by atomic mass is 9.89. The predicted molar refractivity (Wildman–Crippen MR) is 102 cm³/mol. The topological polar surface area (TPSA) is 15.7 Å². The van der Waals surface area contributed by atoms with Gasteiger partial charge >= 0.3 is 0 Å². The molecule has 2 aliphatic rings. The number of hydrogen-bond acceptors (Lipinski definition) is 3. The monoisotopic (exact) mass is 326 g/mol. The Kier molecular flexibility index (Phi) is 5.30. The largest absolute Gasteiger partial charge is 0.461 e. The van der Waals surface area contributed by atoms with E-state index >= 15 is 0 Å². The van der Waals surface area contributed by atoms with Gasteiger partial charge in [-0.2, -0.15) is 0 Å². The van der Waals surface area contributed by atoms with Gasteiger partial charge in [-0.1, -0.05) is 32.1 Å². The van der Waals surface area contributed by atoms with Crippen LogP contribution in [-0.4, -0.2) is 37.1 Å². The first kappa shape index (κ1) is 17.1. The summed E-state index contributed by atoms with van der Waals surface area (Å²) in [7, 11) is 0. The maximum atomic E-state index is 6.34. The lowest BCUT2D eigenvalue weighted by Crippen LogP contribution is -2.35. The summed E-state index contributed by atoms with van der Waals surface area (Å²) in [4.78, 5) is 4.81. The maximum absolute atomic E-state index is 6.34. The normalized spacial score (nSPS) is 21.8. The molecule has 0 spiro atoms. The molecule has 0 fully saturated rings. The van der Waals surface area contributed by atoms with Crippen molar-refractivity contribution in [1.82, 2.24) is 4.90 Å². The van der Waals surface area contributed by atoms with Gasteiger partial charge < -0.3 is 9.64 Å². The molecule has 1 aromatic rings. The van der Waals surface area contributed by atoms with Crippen LogP contribution < -0.4 is 9.64 Å². The smallest absolute Gasteiger partial charge is 0.132 e. The van der Waals surface area contributed by atoms with E-state index in [-0.39, 0.29) is 0 Å². The summed E-state index contributed by atoms with van der Waals surface area (Å²) < 4.78 is 6.34. The van der Waals surface area contributed by atoms with E-state index in [0.29, 0.717) is 12.0 Å². The van der Waals surface area contributed by atoms with E-state index in [1.165, 1.54) is 11.3 Å². The lowest BCUT2D eigenvalue weighted by molar-refractivity contribution is 0.266. The Balaban J connectivity index is 1.85. The number of allylic oxidation sites excluding steroid dienone is 1. The van der Waals surface area contributed by atoms with Crippen LogP contribution in [0.5, 0.6) is 5.75 Å². The number of likely N-dealkylation sites (N-methyl/N-ethyl adjacent to an activating group) is 1. The third kappa shape index (κ3) is 3.23. The third-order valence-corrected chi connectivity index (χ3v) is 5.32. The fourth-order valence-electron chi connectivity index (χ4n) is 3.80. The first-order valence-corrected chi connectivity index (χ1v) is 9.39. The summed E-state index contributed by atoms with van der Waals surface area (Å²) in [6.07, 6.45) is 8.02. The Bertz CT molecular complexity index is 627. The molecule has 3 rings (SSSR count). The summed E-state index contributed by atoms with van der Waals surface area (Å²) in [5.41, 5.74) is 2.57. The van der Waals surface area contributed by atoms with Crippen LogP contribution in [0.1, 0.15) is 33.3 Å². The standard InChI is InChI=1S/C21H30N2O/c1-5-22(6-2)18-11-9-16-13-17-10-12-19(23(7-3)8-4)15-21(17)24-20(16)14-18/h9-12,14-16,18H,5-8,13H2,1-4H3. The van der Waals surface area contributed by atoms with Gasteiger partial charge in [0.2, 0.25) is 0 Å². The van der Waals surface area contributed by atoms with E-state index in [4.69, 9.17) is 4.74 Å². The number of nitrogens with zero attached hydrogens (tertiary/aromatic N) is 2. The number of fused-ring (bicyclic) bond motifs is 2. The van der Waals surface area contributed by atoms with E-state index in [1.54, 1.807) is 0 Å². The second-order valence-electron chi connectivity index (χ2n) is 6.54. The van der Waals surface area contributed by atoms with Gasteiger partial charge in [0.15, 0.2) is 0 Å². The average Bonchev–Trinajstić information content (AvgIpc) is 2.62. The van der Waals surface area contributed by atoms with Gasteiger partial charge in [0.05, 0.1) is 0 Å². The molecule has 1 aliphatic carbocycles. The van der Waals surface area contributed by atoms with Crippen LogP contribution in [0.4, 0.5) is 5.69 Å². The van der Waals surface area contributed by atoms with Crippen LogP contribution in [0.25, 0.3) is 0 Å². The first-order valence-electron chi connectivity index (χ1n) is 9.39. The zero-order chi connectivity index (χ0) is 17.1. The Hall–Kier alpha value is -1.74. The highest BCUT2D eigenvalue weighted by molar-refractivity contribution is 5.55. The van der Waals surface area contributed by atoms with Gasteiger partial charge in [-0.15, -0.1) is 0 Å². The minimum Gasteiger partial charge on any atom is -0.461 e. The van der Waals surface area contributed by atoms with Crippen molar-refractivity contribution in [3.63, 3.8) is 0 Å². The van der Waals surface area contributed by atoms with Crippen molar-refractivity contribution in [3.8, 4) is 5.75 Å². The number of rotatable bonds is 6. The molecule has 1 aromatic carbocycles. The van der Waals surface area contributed by atoms with Crippen LogP contribution in [0.15, 0.2) is 42.2 Å². The Morgan fingerprint density at radius 2 is 1.75 bits per heavy atom. The summed E-state index contributed by atoms with van der Waals surface area (Å²) in [6.45, 7) is 13.0. The summed E-state index contributed by atoms with van der Waals surface area (Å²) in [5, 5.41) is 0. The summed E-state index contributed by atoms with van der Waals surface area (Å²) in [6, 6.07) is 7.04. The zero-order valence-corrected chi connectivity index (χ0v) is 15.5. The zero-order valence-electron chi connectivity index (χ0n) is 15.5. The number of benzene rings is 1. The van der Waals surface area contributed by atoms with Gasteiger partial charge in [0, 0.05) is 36.8 Å². The first-order chi connectivity index (χ1) is 11.7. The number of anilines is 1. The van der Waals surface area contributed by atoms with Gasteiger partial charge in [-0.05, 0) is 51.1 Å². The number of hydrogen-bond donors (Lipinski definition) is 0. The summed E-state index contributed by atoms with van der Waals surface area (Å²) >= 11 is 0. The van der Waals surface area contributed by atoms with Crippen molar-refractivity contribution in [1.29, 1.82) is 0 Å². The second-order valence-corrected chi connectivity index (χ2v) is 6.54. The lowest BCUT2D eigenvalue weighted by Gasteiger charge is -2.34. The molecule has 2 atom stereocenters. The van der Waals surface area contributed by atoms with Crippen LogP contribution in [-0.2, 0) is 6.42 Å². The minimum atomic E-state index is 0.360. The van der Waals surface area contributed by atoms with E-state index < -0.39 is 0 Å². The van der Waals surface area contributed by atoms with Crippen LogP contribution in [0, 0.1) is 5.92 Å². The van der Waals surface area contributed by atoms with Gasteiger partial charge in [-0.25, -0.2) is 0 Å². The molecule has 2 unspecified atom stereocenters. The molecule has 0 saturated heterocycles. The molecule has 0 radical (unpaired) electrons. The van der Waals surface area contributed by atoms with Gasteiger partial charge in [0.25, 0.3) is 0 Å². The molecule has 3 nitrogen and oxygen atoms in total. The van der Waals surface area contributed by atoms with E-state index in [0.717, 1.165) is 44.1 Å². The Morgan fingerprint density at radius 1 is 1.00 bits per heavy atom. The molecule has 0 saturated carbocycles. The molecule has 3 heteroatoms. The van der Waals surface area contributed by atoms with Crippen molar-refractivity contribution in [2.45, 2.75) is 40.2 Å². The predicted octanol–water partition coefficient (Wildman–Crippen LogP) is 4.25. The molecular weight excluding hydrogens is 296 g/mol. The SMILES string of the molecule is CCN(CC)c1ccc2c(c1)OC1=CC(N(CC)CC)C=CC1C2. The average molecular weight is 326 g/mol. The molecule has 130 valence electrons. The van der Waals surface area contributed by atoms with E-state index in [2.05, 4.69) is 73.9 Å².